The molecular weight excluding hydrogens is 304 g/mol. The van der Waals surface area contributed by atoms with Gasteiger partial charge in [-0.05, 0) is 43.9 Å². The predicted molar refractivity (Wildman–Crippen MR) is 92.8 cm³/mol. The minimum atomic E-state index is -0.376. The molecule has 2 amide bonds. The first-order valence-electron chi connectivity index (χ1n) is 8.98. The summed E-state index contributed by atoms with van der Waals surface area (Å²) in [6.45, 7) is 2.99. The minimum Gasteiger partial charge on any atom is -0.396 e. The molecule has 0 aliphatic carbocycles. The van der Waals surface area contributed by atoms with Crippen LogP contribution in [-0.2, 0) is 16.0 Å². The highest BCUT2D eigenvalue weighted by Crippen LogP contribution is 2.32. The number of aliphatic hydroxyl groups is 1. The van der Waals surface area contributed by atoms with Gasteiger partial charge in [0.2, 0.25) is 5.91 Å². The van der Waals surface area contributed by atoms with Gasteiger partial charge in [-0.2, -0.15) is 0 Å². The molecule has 1 N–H and O–H groups in total. The maximum Gasteiger partial charge on any atom is 0.251 e. The molecule has 0 aromatic heterocycles. The van der Waals surface area contributed by atoms with Crippen molar-refractivity contribution in [3.8, 4) is 0 Å². The van der Waals surface area contributed by atoms with Crippen LogP contribution in [0.3, 0.4) is 0 Å². The lowest BCUT2D eigenvalue weighted by atomic mass is 9.97. The highest BCUT2D eigenvalue weighted by Gasteiger charge is 2.45. The average molecular weight is 330 g/mol. The summed E-state index contributed by atoms with van der Waals surface area (Å²) >= 11 is 0. The Kier molecular flexibility index (Phi) is 5.31. The standard InChI is InChI=1S/C19H26N2O3/c1-2-14-7-3-4-9-16(14)21-18(23)13-17(19(21)24)20-11-6-5-8-15(20)10-12-22/h3-4,7,9,15,17,22H,2,5-6,8,10-13H2,1H3/t15-,17+/m1/s1. The van der Waals surface area contributed by atoms with E-state index in [2.05, 4.69) is 4.90 Å². The van der Waals surface area contributed by atoms with Crippen LogP contribution in [0.5, 0.6) is 0 Å². The number of amides is 2. The molecule has 0 bridgehead atoms. The van der Waals surface area contributed by atoms with Gasteiger partial charge in [0, 0.05) is 12.6 Å². The lowest BCUT2D eigenvalue weighted by Crippen LogP contribution is -2.50. The molecule has 2 saturated heterocycles. The van der Waals surface area contributed by atoms with Crippen molar-refractivity contribution in [3.05, 3.63) is 29.8 Å². The molecule has 2 aliphatic rings. The van der Waals surface area contributed by atoms with Crippen molar-refractivity contribution in [2.75, 3.05) is 18.1 Å². The van der Waals surface area contributed by atoms with Gasteiger partial charge >= 0.3 is 0 Å². The van der Waals surface area contributed by atoms with Crippen molar-refractivity contribution in [2.45, 2.75) is 57.5 Å². The lowest BCUT2D eigenvalue weighted by Gasteiger charge is -2.38. The number of likely N-dealkylation sites (tertiary alicyclic amines) is 1. The van der Waals surface area contributed by atoms with E-state index in [1.54, 1.807) is 0 Å². The van der Waals surface area contributed by atoms with E-state index in [0.29, 0.717) is 6.42 Å². The van der Waals surface area contributed by atoms with Crippen LogP contribution < -0.4 is 4.90 Å². The second kappa shape index (κ2) is 7.45. The Balaban J connectivity index is 1.86. The van der Waals surface area contributed by atoms with E-state index in [0.717, 1.165) is 43.5 Å². The second-order valence-electron chi connectivity index (χ2n) is 6.67. The maximum atomic E-state index is 13.0. The van der Waals surface area contributed by atoms with Gasteiger partial charge in [-0.1, -0.05) is 31.5 Å². The number of nitrogens with zero attached hydrogens (tertiary/aromatic N) is 2. The number of rotatable bonds is 5. The van der Waals surface area contributed by atoms with Gasteiger partial charge in [0.25, 0.3) is 5.91 Å². The second-order valence-corrected chi connectivity index (χ2v) is 6.67. The zero-order chi connectivity index (χ0) is 17.1. The van der Waals surface area contributed by atoms with E-state index >= 15 is 0 Å². The molecule has 24 heavy (non-hydrogen) atoms. The third-order valence-electron chi connectivity index (χ3n) is 5.27. The Morgan fingerprint density at radius 1 is 1.21 bits per heavy atom. The summed E-state index contributed by atoms with van der Waals surface area (Å²) in [7, 11) is 0. The van der Waals surface area contributed by atoms with Gasteiger partial charge in [0.15, 0.2) is 0 Å². The van der Waals surface area contributed by atoms with Crippen LogP contribution in [0.1, 0.15) is 44.6 Å². The fraction of sp³-hybridized carbons (Fsp3) is 0.579. The topological polar surface area (TPSA) is 60.9 Å². The van der Waals surface area contributed by atoms with E-state index in [1.165, 1.54) is 4.90 Å². The number of anilines is 1. The highest BCUT2D eigenvalue weighted by atomic mass is 16.3. The van der Waals surface area contributed by atoms with Crippen molar-refractivity contribution < 1.29 is 14.7 Å². The Bertz CT molecular complexity index is 614. The van der Waals surface area contributed by atoms with E-state index in [9.17, 15) is 14.7 Å². The van der Waals surface area contributed by atoms with Gasteiger partial charge in [-0.15, -0.1) is 0 Å². The first-order chi connectivity index (χ1) is 11.7. The predicted octanol–water partition coefficient (Wildman–Crippen LogP) is 2.12. The van der Waals surface area contributed by atoms with Crippen LogP contribution in [0.25, 0.3) is 0 Å². The number of aryl methyl sites for hydroxylation is 1. The molecule has 2 atom stereocenters. The molecule has 0 saturated carbocycles. The zero-order valence-electron chi connectivity index (χ0n) is 14.3. The maximum absolute atomic E-state index is 13.0. The summed E-state index contributed by atoms with van der Waals surface area (Å²) in [4.78, 5) is 29.2. The van der Waals surface area contributed by atoms with E-state index in [-0.39, 0.29) is 36.9 Å². The third kappa shape index (κ3) is 3.10. The molecule has 2 aliphatic heterocycles. The quantitative estimate of drug-likeness (QED) is 0.840. The number of benzene rings is 1. The van der Waals surface area contributed by atoms with E-state index in [4.69, 9.17) is 0 Å². The first-order valence-corrected chi connectivity index (χ1v) is 8.98. The molecule has 0 radical (unpaired) electrons. The Morgan fingerprint density at radius 2 is 2.00 bits per heavy atom. The summed E-state index contributed by atoms with van der Waals surface area (Å²) in [6, 6.07) is 7.47. The van der Waals surface area contributed by atoms with Crippen LogP contribution in [0.15, 0.2) is 24.3 Å². The fourth-order valence-corrected chi connectivity index (χ4v) is 4.05. The summed E-state index contributed by atoms with van der Waals surface area (Å²) in [5.74, 6) is -0.218. The number of hydrogen-bond donors (Lipinski definition) is 1. The van der Waals surface area contributed by atoms with Crippen molar-refractivity contribution in [1.29, 1.82) is 0 Å². The summed E-state index contributed by atoms with van der Waals surface area (Å²) in [5, 5.41) is 9.31. The molecule has 3 rings (SSSR count). The fourth-order valence-electron chi connectivity index (χ4n) is 4.05. The number of imide groups is 1. The molecule has 0 spiro atoms. The van der Waals surface area contributed by atoms with Gasteiger partial charge in [-0.3, -0.25) is 14.5 Å². The highest BCUT2D eigenvalue weighted by molar-refractivity contribution is 6.22. The van der Waals surface area contributed by atoms with Gasteiger partial charge < -0.3 is 5.11 Å². The molecule has 0 unspecified atom stereocenters. The Morgan fingerprint density at radius 3 is 2.75 bits per heavy atom. The average Bonchev–Trinajstić information content (AvgIpc) is 2.90. The number of carbonyl (C=O) groups is 2. The Labute approximate surface area is 143 Å². The Hall–Kier alpha value is -1.72. The van der Waals surface area contributed by atoms with Crippen LogP contribution in [0.4, 0.5) is 5.69 Å². The van der Waals surface area contributed by atoms with Crippen molar-refractivity contribution in [2.24, 2.45) is 0 Å². The zero-order valence-corrected chi connectivity index (χ0v) is 14.3. The summed E-state index contributed by atoms with van der Waals surface area (Å²) in [5.41, 5.74) is 1.75. The molecule has 2 heterocycles. The van der Waals surface area contributed by atoms with Gasteiger partial charge in [-0.25, -0.2) is 4.90 Å². The number of para-hydroxylation sites is 1. The number of carbonyl (C=O) groups excluding carboxylic acids is 2. The van der Waals surface area contributed by atoms with Crippen LogP contribution >= 0.6 is 0 Å². The number of hydrogen-bond acceptors (Lipinski definition) is 4. The van der Waals surface area contributed by atoms with Crippen molar-refractivity contribution >= 4 is 17.5 Å². The lowest BCUT2D eigenvalue weighted by molar-refractivity contribution is -0.124. The van der Waals surface area contributed by atoms with Crippen molar-refractivity contribution in [1.82, 2.24) is 4.90 Å². The molecule has 130 valence electrons. The monoisotopic (exact) mass is 330 g/mol. The van der Waals surface area contributed by atoms with E-state index < -0.39 is 0 Å². The van der Waals surface area contributed by atoms with Gasteiger partial charge in [0.05, 0.1) is 18.2 Å². The molecule has 2 fully saturated rings. The summed E-state index contributed by atoms with van der Waals surface area (Å²) in [6.07, 6.45) is 4.87. The normalized spacial score (nSPS) is 25.5. The smallest absolute Gasteiger partial charge is 0.251 e. The molecular formula is C19H26N2O3. The van der Waals surface area contributed by atoms with Gasteiger partial charge in [0.1, 0.15) is 0 Å². The first kappa shape index (κ1) is 17.1. The molecule has 1 aromatic carbocycles. The molecule has 1 aromatic rings. The SMILES string of the molecule is CCc1ccccc1N1C(=O)C[C@H](N2CCCC[C@@H]2CCO)C1=O. The number of aliphatic hydroxyl groups excluding tert-OH is 1. The minimum absolute atomic E-state index is 0.106. The van der Waals surface area contributed by atoms with Crippen LogP contribution in [0.2, 0.25) is 0 Å². The largest absolute Gasteiger partial charge is 0.396 e. The molecule has 5 nitrogen and oxygen atoms in total. The molecule has 5 heteroatoms. The number of piperidine rings is 1. The van der Waals surface area contributed by atoms with Crippen LogP contribution in [-0.4, -0.2) is 47.1 Å². The van der Waals surface area contributed by atoms with Crippen molar-refractivity contribution in [3.63, 3.8) is 0 Å². The summed E-state index contributed by atoms with van der Waals surface area (Å²) < 4.78 is 0. The van der Waals surface area contributed by atoms with Crippen LogP contribution in [0, 0.1) is 0 Å². The third-order valence-corrected chi connectivity index (χ3v) is 5.27. The van der Waals surface area contributed by atoms with E-state index in [1.807, 2.05) is 31.2 Å².